The summed E-state index contributed by atoms with van der Waals surface area (Å²) in [4.78, 5) is 16.6. The lowest BCUT2D eigenvalue weighted by Crippen LogP contribution is -2.26. The third-order valence-corrected chi connectivity index (χ3v) is 1.57. The molecule has 0 bridgehead atoms. The molecule has 69 valence electrons. The Labute approximate surface area is 77.9 Å². The molecule has 1 rings (SSSR count). The van der Waals surface area contributed by atoms with E-state index < -0.39 is 0 Å². The molecule has 1 radical (unpaired) electrons. The molecule has 1 aromatic carbocycles. The van der Waals surface area contributed by atoms with Gasteiger partial charge < -0.3 is 0 Å². The Morgan fingerprint density at radius 3 is 2.69 bits per heavy atom. The van der Waals surface area contributed by atoms with Crippen LogP contribution in [0.5, 0.6) is 0 Å². The van der Waals surface area contributed by atoms with E-state index in [0.29, 0.717) is 12.2 Å². The topological polar surface area (TPSA) is 29.5 Å². The van der Waals surface area contributed by atoms with Crippen molar-refractivity contribution >= 4 is 5.91 Å². The summed E-state index contributed by atoms with van der Waals surface area (Å²) in [6.07, 6.45) is 0. The van der Waals surface area contributed by atoms with Gasteiger partial charge in [-0.25, -0.2) is 5.06 Å². The molecular weight excluding hydrogens is 166 g/mol. The summed E-state index contributed by atoms with van der Waals surface area (Å²) in [7, 11) is 1.60. The fourth-order valence-electron chi connectivity index (χ4n) is 0.964. The standard InChI is InChI=1S/C10H12NO2/c1-3-13-11(2)10(12)9-7-5-4-6-8-9/h5-8H,3H2,1-2H3. The highest BCUT2D eigenvalue weighted by molar-refractivity contribution is 5.93. The van der Waals surface area contributed by atoms with Crippen LogP contribution in [0.15, 0.2) is 24.3 Å². The van der Waals surface area contributed by atoms with Gasteiger partial charge in [-0.3, -0.25) is 9.63 Å². The Hall–Kier alpha value is -1.35. The highest BCUT2D eigenvalue weighted by atomic mass is 16.7. The molecule has 0 aromatic heterocycles. The van der Waals surface area contributed by atoms with E-state index in [-0.39, 0.29) is 5.91 Å². The number of rotatable bonds is 3. The van der Waals surface area contributed by atoms with Crippen LogP contribution in [0.3, 0.4) is 0 Å². The number of carbonyl (C=O) groups excluding carboxylic acids is 1. The van der Waals surface area contributed by atoms with Crippen LogP contribution < -0.4 is 0 Å². The average molecular weight is 178 g/mol. The molecule has 1 aromatic rings. The first-order chi connectivity index (χ1) is 6.25. The molecule has 0 saturated heterocycles. The Morgan fingerprint density at radius 1 is 1.54 bits per heavy atom. The van der Waals surface area contributed by atoms with E-state index in [2.05, 4.69) is 6.07 Å². The molecule has 0 atom stereocenters. The summed E-state index contributed by atoms with van der Waals surface area (Å²) in [6.45, 7) is 2.32. The van der Waals surface area contributed by atoms with Gasteiger partial charge in [0.2, 0.25) is 0 Å². The van der Waals surface area contributed by atoms with Crippen LogP contribution in [0.2, 0.25) is 0 Å². The van der Waals surface area contributed by atoms with Crippen molar-refractivity contribution in [3.63, 3.8) is 0 Å². The first-order valence-electron chi connectivity index (χ1n) is 4.12. The molecule has 0 spiro atoms. The number of hydroxylamine groups is 2. The van der Waals surface area contributed by atoms with Gasteiger partial charge in [0.15, 0.2) is 0 Å². The van der Waals surface area contributed by atoms with Crippen molar-refractivity contribution in [3.05, 3.63) is 35.9 Å². The summed E-state index contributed by atoms with van der Waals surface area (Å²) in [5, 5.41) is 1.23. The third-order valence-electron chi connectivity index (χ3n) is 1.57. The van der Waals surface area contributed by atoms with Gasteiger partial charge >= 0.3 is 0 Å². The Morgan fingerprint density at radius 2 is 2.15 bits per heavy atom. The third kappa shape index (κ3) is 2.56. The van der Waals surface area contributed by atoms with Crippen molar-refractivity contribution in [3.8, 4) is 0 Å². The quantitative estimate of drug-likeness (QED) is 0.656. The van der Waals surface area contributed by atoms with Crippen molar-refractivity contribution in [1.29, 1.82) is 0 Å². The number of amides is 1. The summed E-state index contributed by atoms with van der Waals surface area (Å²) in [6, 6.07) is 9.66. The summed E-state index contributed by atoms with van der Waals surface area (Å²) in [5.41, 5.74) is 0.606. The monoisotopic (exact) mass is 178 g/mol. The smallest absolute Gasteiger partial charge is 0.271 e. The fraction of sp³-hybridized carbons (Fsp3) is 0.300. The van der Waals surface area contributed by atoms with Crippen LogP contribution in [0.1, 0.15) is 17.3 Å². The van der Waals surface area contributed by atoms with Crippen molar-refractivity contribution in [2.24, 2.45) is 0 Å². The summed E-state index contributed by atoms with van der Waals surface area (Å²) >= 11 is 0. The van der Waals surface area contributed by atoms with E-state index >= 15 is 0 Å². The van der Waals surface area contributed by atoms with Crippen LogP contribution in [0.25, 0.3) is 0 Å². The lowest BCUT2D eigenvalue weighted by atomic mass is 10.2. The van der Waals surface area contributed by atoms with E-state index in [0.717, 1.165) is 0 Å². The van der Waals surface area contributed by atoms with Gasteiger partial charge in [0, 0.05) is 12.6 Å². The molecule has 0 aliphatic carbocycles. The molecule has 0 heterocycles. The minimum absolute atomic E-state index is 0.143. The van der Waals surface area contributed by atoms with Crippen LogP contribution in [-0.4, -0.2) is 24.6 Å². The van der Waals surface area contributed by atoms with Crippen molar-refractivity contribution in [2.75, 3.05) is 13.7 Å². The molecule has 0 aliphatic rings. The van der Waals surface area contributed by atoms with Gasteiger partial charge in [0.05, 0.1) is 6.61 Å². The van der Waals surface area contributed by atoms with Gasteiger partial charge in [-0.1, -0.05) is 12.1 Å². The van der Waals surface area contributed by atoms with Crippen LogP contribution >= 0.6 is 0 Å². The number of nitrogens with zero attached hydrogens (tertiary/aromatic N) is 1. The number of benzene rings is 1. The average Bonchev–Trinajstić information content (AvgIpc) is 2.18. The number of carbonyl (C=O) groups is 1. The first-order valence-corrected chi connectivity index (χ1v) is 4.12. The van der Waals surface area contributed by atoms with E-state index in [1.807, 2.05) is 6.92 Å². The van der Waals surface area contributed by atoms with Gasteiger partial charge in [-0.2, -0.15) is 0 Å². The molecule has 3 heteroatoms. The lowest BCUT2D eigenvalue weighted by molar-refractivity contribution is -0.100. The van der Waals surface area contributed by atoms with Gasteiger partial charge in [-0.15, -0.1) is 0 Å². The minimum Gasteiger partial charge on any atom is -0.271 e. The van der Waals surface area contributed by atoms with Crippen molar-refractivity contribution in [2.45, 2.75) is 6.92 Å². The second-order valence-corrected chi connectivity index (χ2v) is 2.51. The Balaban J connectivity index is 2.68. The molecule has 1 amide bonds. The number of hydrogen-bond acceptors (Lipinski definition) is 2. The molecule has 0 saturated carbocycles. The van der Waals surface area contributed by atoms with E-state index in [9.17, 15) is 4.79 Å². The summed E-state index contributed by atoms with van der Waals surface area (Å²) in [5.74, 6) is -0.143. The minimum atomic E-state index is -0.143. The molecule has 0 fully saturated rings. The number of hydrogen-bond donors (Lipinski definition) is 0. The molecule has 3 nitrogen and oxygen atoms in total. The second kappa shape index (κ2) is 4.62. The predicted octanol–water partition coefficient (Wildman–Crippen LogP) is 1.51. The van der Waals surface area contributed by atoms with Gasteiger partial charge in [0.25, 0.3) is 5.91 Å². The van der Waals surface area contributed by atoms with Crippen LogP contribution in [-0.2, 0) is 4.84 Å². The SMILES string of the molecule is CCON(C)C(=O)c1cc[c]cc1. The summed E-state index contributed by atoms with van der Waals surface area (Å²) < 4.78 is 0. The van der Waals surface area contributed by atoms with Crippen LogP contribution in [0.4, 0.5) is 0 Å². The first kappa shape index (κ1) is 9.74. The molecule has 0 N–H and O–H groups in total. The van der Waals surface area contributed by atoms with E-state index in [4.69, 9.17) is 4.84 Å². The zero-order chi connectivity index (χ0) is 9.68. The van der Waals surface area contributed by atoms with Gasteiger partial charge in [0.1, 0.15) is 0 Å². The maximum atomic E-state index is 11.5. The second-order valence-electron chi connectivity index (χ2n) is 2.51. The zero-order valence-corrected chi connectivity index (χ0v) is 7.78. The van der Waals surface area contributed by atoms with Crippen molar-refractivity contribution < 1.29 is 9.63 Å². The molecule has 0 unspecified atom stereocenters. The highest BCUT2D eigenvalue weighted by Gasteiger charge is 2.10. The van der Waals surface area contributed by atoms with E-state index in [1.165, 1.54) is 5.06 Å². The van der Waals surface area contributed by atoms with Gasteiger partial charge in [-0.05, 0) is 25.1 Å². The van der Waals surface area contributed by atoms with Crippen LogP contribution in [0, 0.1) is 6.07 Å². The largest absolute Gasteiger partial charge is 0.277 e. The lowest BCUT2D eigenvalue weighted by Gasteiger charge is -2.14. The highest BCUT2D eigenvalue weighted by Crippen LogP contribution is 2.02. The maximum absolute atomic E-state index is 11.5. The molecule has 13 heavy (non-hydrogen) atoms. The molecular formula is C10H12NO2. The fourth-order valence-corrected chi connectivity index (χ4v) is 0.964. The zero-order valence-electron chi connectivity index (χ0n) is 7.78. The Bertz CT molecular complexity index is 272. The maximum Gasteiger partial charge on any atom is 0.277 e. The predicted molar refractivity (Wildman–Crippen MR) is 49.0 cm³/mol. The molecule has 0 aliphatic heterocycles. The van der Waals surface area contributed by atoms with Crippen molar-refractivity contribution in [1.82, 2.24) is 5.06 Å². The van der Waals surface area contributed by atoms with E-state index in [1.54, 1.807) is 31.3 Å². The Kier molecular flexibility index (Phi) is 3.46. The normalized spacial score (nSPS) is 9.69.